The average molecular weight is 325 g/mol. The van der Waals surface area contributed by atoms with Crippen molar-refractivity contribution in [1.29, 1.82) is 0 Å². The van der Waals surface area contributed by atoms with Crippen LogP contribution in [-0.4, -0.2) is 21.8 Å². The molecule has 2 rings (SSSR count). The van der Waals surface area contributed by atoms with E-state index >= 15 is 0 Å². The predicted octanol–water partition coefficient (Wildman–Crippen LogP) is 3.46. The maximum atomic E-state index is 12.4. The molecule has 1 aromatic heterocycles. The number of hydrogen-bond acceptors (Lipinski definition) is 2. The smallest absolute Gasteiger partial charge is 0.252 e. The number of rotatable bonds is 3. The number of carbonyl (C=O) groups excluding carboxylic acids is 1. The summed E-state index contributed by atoms with van der Waals surface area (Å²) in [5, 5.41) is 4.08. The summed E-state index contributed by atoms with van der Waals surface area (Å²) in [6, 6.07) is 1.79. The summed E-state index contributed by atoms with van der Waals surface area (Å²) in [5.74, 6) is 0.693. The molecule has 1 amide bonds. The molecular weight excluding hydrogens is 304 g/mol. The van der Waals surface area contributed by atoms with Crippen molar-refractivity contribution < 1.29 is 4.79 Å². The van der Waals surface area contributed by atoms with E-state index in [0.717, 1.165) is 29.3 Å². The fourth-order valence-corrected chi connectivity index (χ4v) is 3.61. The van der Waals surface area contributed by atoms with Crippen molar-refractivity contribution in [2.24, 2.45) is 5.92 Å². The predicted molar refractivity (Wildman–Crippen MR) is 80.6 cm³/mol. The number of nitrogens with zero attached hydrogens (tertiary/aromatic N) is 1. The van der Waals surface area contributed by atoms with Crippen LogP contribution in [0.5, 0.6) is 0 Å². The lowest BCUT2D eigenvalue weighted by atomic mass is 9.77. The number of nitrogens with one attached hydrogen (secondary N) is 1. The molecule has 0 aromatic carbocycles. The van der Waals surface area contributed by atoms with E-state index in [2.05, 4.69) is 33.2 Å². The van der Waals surface area contributed by atoms with Gasteiger partial charge in [-0.1, -0.05) is 35.7 Å². The van der Waals surface area contributed by atoms with Crippen molar-refractivity contribution in [2.45, 2.75) is 45.1 Å². The average Bonchev–Trinajstić information content (AvgIpc) is 2.39. The maximum Gasteiger partial charge on any atom is 0.252 e. The highest BCUT2D eigenvalue weighted by atomic mass is 79.9. The molecule has 1 aliphatic carbocycles. The van der Waals surface area contributed by atoms with Gasteiger partial charge in [0.15, 0.2) is 0 Å². The lowest BCUT2D eigenvalue weighted by molar-refractivity contribution is 0.0869. The van der Waals surface area contributed by atoms with Gasteiger partial charge in [0.25, 0.3) is 5.91 Å². The summed E-state index contributed by atoms with van der Waals surface area (Å²) in [4.78, 5) is 16.5. The molecule has 1 aliphatic rings. The molecule has 0 spiro atoms. The molecule has 19 heavy (non-hydrogen) atoms. The molecule has 3 nitrogen and oxygen atoms in total. The maximum absolute atomic E-state index is 12.4. The Morgan fingerprint density at radius 2 is 2.42 bits per heavy atom. The molecule has 1 aromatic rings. The van der Waals surface area contributed by atoms with Crippen LogP contribution in [0.4, 0.5) is 0 Å². The monoisotopic (exact) mass is 324 g/mol. The van der Waals surface area contributed by atoms with E-state index in [0.29, 0.717) is 5.92 Å². The molecule has 2 atom stereocenters. The van der Waals surface area contributed by atoms with E-state index in [-0.39, 0.29) is 11.4 Å². The zero-order valence-electron chi connectivity index (χ0n) is 11.6. The number of halogens is 1. The summed E-state index contributed by atoms with van der Waals surface area (Å²) < 4.78 is 0. The van der Waals surface area contributed by atoms with E-state index in [1.54, 1.807) is 18.5 Å². The number of carbonyl (C=O) groups is 1. The Hall–Kier alpha value is -0.900. The van der Waals surface area contributed by atoms with Crippen LogP contribution in [-0.2, 0) is 0 Å². The van der Waals surface area contributed by atoms with E-state index < -0.39 is 0 Å². The van der Waals surface area contributed by atoms with Gasteiger partial charge in [0.2, 0.25) is 0 Å². The summed E-state index contributed by atoms with van der Waals surface area (Å²) in [6.45, 7) is 4.19. The minimum atomic E-state index is -0.0928. The Kier molecular flexibility index (Phi) is 4.61. The molecule has 4 heteroatoms. The lowest BCUT2D eigenvalue weighted by Gasteiger charge is -2.39. The Bertz CT molecular complexity index is 463. The summed E-state index contributed by atoms with van der Waals surface area (Å²) in [7, 11) is 0. The van der Waals surface area contributed by atoms with Crippen LogP contribution < -0.4 is 5.32 Å². The first kappa shape index (κ1) is 14.5. The third-order valence-electron chi connectivity index (χ3n) is 3.99. The summed E-state index contributed by atoms with van der Waals surface area (Å²) in [6.07, 6.45) is 7.96. The van der Waals surface area contributed by atoms with Gasteiger partial charge in [0.1, 0.15) is 0 Å². The molecule has 0 saturated heterocycles. The number of alkyl halides is 1. The first-order valence-corrected chi connectivity index (χ1v) is 7.97. The largest absolute Gasteiger partial charge is 0.346 e. The Morgan fingerprint density at radius 1 is 1.63 bits per heavy atom. The van der Waals surface area contributed by atoms with Gasteiger partial charge in [-0.05, 0) is 37.3 Å². The van der Waals surface area contributed by atoms with Crippen LogP contribution in [0.1, 0.15) is 48.5 Å². The minimum Gasteiger partial charge on any atom is -0.346 e. The highest BCUT2D eigenvalue weighted by molar-refractivity contribution is 9.09. The standard InChI is InChI=1S/C15H21BrN2O/c1-11-4-3-6-15(8-11,10-16)18-14(19)13-5-7-17-9-12(13)2/h5,7,9,11H,3-4,6,8,10H2,1-2H3,(H,18,19). The topological polar surface area (TPSA) is 42.0 Å². The van der Waals surface area contributed by atoms with Crippen LogP contribution in [0.2, 0.25) is 0 Å². The second kappa shape index (κ2) is 6.04. The highest BCUT2D eigenvalue weighted by Crippen LogP contribution is 2.33. The van der Waals surface area contributed by atoms with E-state index in [9.17, 15) is 4.79 Å². The van der Waals surface area contributed by atoms with Gasteiger partial charge >= 0.3 is 0 Å². The molecule has 2 unspecified atom stereocenters. The Morgan fingerprint density at radius 3 is 3.05 bits per heavy atom. The quantitative estimate of drug-likeness (QED) is 0.865. The first-order valence-electron chi connectivity index (χ1n) is 6.85. The molecule has 0 bridgehead atoms. The second-order valence-corrected chi connectivity index (χ2v) is 6.32. The van der Waals surface area contributed by atoms with E-state index in [1.165, 1.54) is 12.8 Å². The summed E-state index contributed by atoms with van der Waals surface area (Å²) >= 11 is 3.59. The van der Waals surface area contributed by atoms with E-state index in [4.69, 9.17) is 0 Å². The van der Waals surface area contributed by atoms with Gasteiger partial charge in [-0.3, -0.25) is 9.78 Å². The fraction of sp³-hybridized carbons (Fsp3) is 0.600. The van der Waals surface area contributed by atoms with Crippen LogP contribution in [0.15, 0.2) is 18.5 Å². The summed E-state index contributed by atoms with van der Waals surface area (Å²) in [5.41, 5.74) is 1.56. The zero-order valence-corrected chi connectivity index (χ0v) is 13.2. The molecule has 1 saturated carbocycles. The number of pyridine rings is 1. The van der Waals surface area contributed by atoms with Crippen molar-refractivity contribution in [1.82, 2.24) is 10.3 Å². The molecule has 1 N–H and O–H groups in total. The molecular formula is C15H21BrN2O. The number of aromatic nitrogens is 1. The zero-order chi connectivity index (χ0) is 13.9. The lowest BCUT2D eigenvalue weighted by Crippen LogP contribution is -2.52. The van der Waals surface area contributed by atoms with Gasteiger partial charge in [-0.2, -0.15) is 0 Å². The second-order valence-electron chi connectivity index (χ2n) is 5.76. The normalized spacial score (nSPS) is 27.0. The first-order chi connectivity index (χ1) is 9.06. The number of hydrogen-bond donors (Lipinski definition) is 1. The van der Waals surface area contributed by atoms with Crippen LogP contribution in [0.3, 0.4) is 0 Å². The van der Waals surface area contributed by atoms with Crippen molar-refractivity contribution >= 4 is 21.8 Å². The SMILES string of the molecule is Cc1cnccc1C(=O)NC1(CBr)CCCC(C)C1. The minimum absolute atomic E-state index is 0.0217. The van der Waals surface area contributed by atoms with Gasteiger partial charge in [0.05, 0.1) is 5.54 Å². The highest BCUT2D eigenvalue weighted by Gasteiger charge is 2.35. The van der Waals surface area contributed by atoms with E-state index in [1.807, 2.05) is 6.92 Å². The third kappa shape index (κ3) is 3.35. The Balaban J connectivity index is 2.14. The van der Waals surface area contributed by atoms with Crippen LogP contribution in [0, 0.1) is 12.8 Å². The molecule has 0 aliphatic heterocycles. The van der Waals surface area contributed by atoms with Crippen molar-refractivity contribution in [3.63, 3.8) is 0 Å². The fourth-order valence-electron chi connectivity index (χ4n) is 2.96. The van der Waals surface area contributed by atoms with Crippen molar-refractivity contribution in [3.05, 3.63) is 29.6 Å². The Labute approximate surface area is 123 Å². The van der Waals surface area contributed by atoms with Crippen molar-refractivity contribution in [3.8, 4) is 0 Å². The van der Waals surface area contributed by atoms with Crippen LogP contribution >= 0.6 is 15.9 Å². The molecule has 1 heterocycles. The van der Waals surface area contributed by atoms with Crippen molar-refractivity contribution in [2.75, 3.05) is 5.33 Å². The van der Waals surface area contributed by atoms with Crippen LogP contribution in [0.25, 0.3) is 0 Å². The van der Waals surface area contributed by atoms with Gasteiger partial charge in [0, 0.05) is 23.3 Å². The molecule has 1 fully saturated rings. The molecule has 104 valence electrons. The van der Waals surface area contributed by atoms with Gasteiger partial charge in [-0.15, -0.1) is 0 Å². The third-order valence-corrected chi connectivity index (χ3v) is 5.06. The number of aryl methyl sites for hydroxylation is 1. The van der Waals surface area contributed by atoms with Gasteiger partial charge < -0.3 is 5.32 Å². The van der Waals surface area contributed by atoms with Gasteiger partial charge in [-0.25, -0.2) is 0 Å². The molecule has 0 radical (unpaired) electrons. The number of amides is 1.